The lowest BCUT2D eigenvalue weighted by Crippen LogP contribution is -2.27. The van der Waals surface area contributed by atoms with Crippen LogP contribution in [0.1, 0.15) is 67.7 Å². The Morgan fingerprint density at radius 3 is 2.57 bits per heavy atom. The SMILES string of the molecule is CNCC1CCc2nc(C3CCC(C)CC3)nc(C)c2C1. The summed E-state index contributed by atoms with van der Waals surface area (Å²) in [5.41, 5.74) is 4.03. The molecule has 1 fully saturated rings. The van der Waals surface area contributed by atoms with Gasteiger partial charge in [-0.1, -0.05) is 19.8 Å². The summed E-state index contributed by atoms with van der Waals surface area (Å²) in [6, 6.07) is 0. The normalized spacial score (nSPS) is 29.2. The maximum absolute atomic E-state index is 4.99. The van der Waals surface area contributed by atoms with Crippen LogP contribution in [0.2, 0.25) is 0 Å². The van der Waals surface area contributed by atoms with Gasteiger partial charge >= 0.3 is 0 Å². The van der Waals surface area contributed by atoms with Gasteiger partial charge in [0.2, 0.25) is 0 Å². The van der Waals surface area contributed by atoms with Crippen LogP contribution in [-0.4, -0.2) is 23.6 Å². The third-order valence-electron chi connectivity index (χ3n) is 5.47. The molecular formula is C18H29N3. The number of hydrogen-bond acceptors (Lipinski definition) is 3. The second kappa shape index (κ2) is 6.43. The van der Waals surface area contributed by atoms with Crippen molar-refractivity contribution in [3.8, 4) is 0 Å². The van der Waals surface area contributed by atoms with E-state index in [-0.39, 0.29) is 0 Å². The van der Waals surface area contributed by atoms with E-state index in [1.165, 1.54) is 49.1 Å². The molecule has 0 radical (unpaired) electrons. The highest BCUT2D eigenvalue weighted by atomic mass is 14.9. The predicted molar refractivity (Wildman–Crippen MR) is 86.6 cm³/mol. The fraction of sp³-hybridized carbons (Fsp3) is 0.778. The molecule has 1 aromatic rings. The average molecular weight is 287 g/mol. The predicted octanol–water partition coefficient (Wildman–Crippen LogP) is 3.40. The Labute approximate surface area is 129 Å². The van der Waals surface area contributed by atoms with Crippen LogP contribution in [0.5, 0.6) is 0 Å². The Bertz CT molecular complexity index is 489. The minimum Gasteiger partial charge on any atom is -0.319 e. The van der Waals surface area contributed by atoms with Crippen molar-refractivity contribution in [1.29, 1.82) is 0 Å². The number of rotatable bonds is 3. The lowest BCUT2D eigenvalue weighted by molar-refractivity contribution is 0.337. The zero-order valence-electron chi connectivity index (χ0n) is 13.8. The Morgan fingerprint density at radius 2 is 1.86 bits per heavy atom. The zero-order chi connectivity index (χ0) is 14.8. The van der Waals surface area contributed by atoms with E-state index < -0.39 is 0 Å². The van der Waals surface area contributed by atoms with Gasteiger partial charge in [0, 0.05) is 17.3 Å². The highest BCUT2D eigenvalue weighted by Crippen LogP contribution is 2.35. The van der Waals surface area contributed by atoms with Gasteiger partial charge in [0.25, 0.3) is 0 Å². The molecule has 3 rings (SSSR count). The molecule has 2 aliphatic rings. The van der Waals surface area contributed by atoms with Crippen molar-refractivity contribution in [2.75, 3.05) is 13.6 Å². The summed E-state index contributed by atoms with van der Waals surface area (Å²) in [5.74, 6) is 3.40. The zero-order valence-corrected chi connectivity index (χ0v) is 13.8. The van der Waals surface area contributed by atoms with Gasteiger partial charge in [-0.15, -0.1) is 0 Å². The van der Waals surface area contributed by atoms with Crippen molar-refractivity contribution < 1.29 is 0 Å². The lowest BCUT2D eigenvalue weighted by Gasteiger charge is -2.28. The number of fused-ring (bicyclic) bond motifs is 1. The summed E-state index contributed by atoms with van der Waals surface area (Å²) in [5, 5.41) is 3.31. The van der Waals surface area contributed by atoms with Crippen molar-refractivity contribution in [1.82, 2.24) is 15.3 Å². The molecule has 0 aliphatic heterocycles. The second-order valence-corrected chi connectivity index (χ2v) is 7.22. The monoisotopic (exact) mass is 287 g/mol. The molecule has 116 valence electrons. The number of nitrogens with one attached hydrogen (secondary N) is 1. The number of aromatic nitrogens is 2. The standard InChI is InChI=1S/C18H29N3/c1-12-4-7-15(8-5-12)18-20-13(2)16-10-14(11-19-3)6-9-17(16)21-18/h12,14-15,19H,4-11H2,1-3H3. The van der Waals surface area contributed by atoms with Gasteiger partial charge in [0.05, 0.1) is 0 Å². The Morgan fingerprint density at radius 1 is 1.10 bits per heavy atom. The van der Waals surface area contributed by atoms with Crippen LogP contribution in [0, 0.1) is 18.8 Å². The smallest absolute Gasteiger partial charge is 0.131 e. The quantitative estimate of drug-likeness (QED) is 0.926. The fourth-order valence-corrected chi connectivity index (χ4v) is 4.05. The highest BCUT2D eigenvalue weighted by Gasteiger charge is 2.26. The summed E-state index contributed by atoms with van der Waals surface area (Å²) in [6.07, 6.45) is 8.81. The van der Waals surface area contributed by atoms with Crippen molar-refractivity contribution >= 4 is 0 Å². The number of aryl methyl sites for hydroxylation is 2. The van der Waals surface area contributed by atoms with Crippen molar-refractivity contribution in [2.24, 2.45) is 11.8 Å². The minimum atomic E-state index is 0.611. The molecule has 1 atom stereocenters. The Hall–Kier alpha value is -0.960. The molecule has 1 saturated carbocycles. The molecule has 1 aromatic heterocycles. The van der Waals surface area contributed by atoms with Gasteiger partial charge < -0.3 is 5.32 Å². The van der Waals surface area contributed by atoms with Crippen molar-refractivity contribution in [2.45, 2.75) is 64.7 Å². The maximum atomic E-state index is 4.99. The Balaban J connectivity index is 1.79. The summed E-state index contributed by atoms with van der Waals surface area (Å²) < 4.78 is 0. The summed E-state index contributed by atoms with van der Waals surface area (Å²) >= 11 is 0. The molecule has 0 amide bonds. The molecule has 0 aromatic carbocycles. The minimum absolute atomic E-state index is 0.611. The lowest BCUT2D eigenvalue weighted by atomic mass is 9.82. The van der Waals surface area contributed by atoms with Crippen LogP contribution >= 0.6 is 0 Å². The first-order valence-electron chi connectivity index (χ1n) is 8.68. The molecule has 21 heavy (non-hydrogen) atoms. The van der Waals surface area contributed by atoms with Gasteiger partial charge in [0.1, 0.15) is 5.82 Å². The van der Waals surface area contributed by atoms with Gasteiger partial charge in [0.15, 0.2) is 0 Å². The third kappa shape index (κ3) is 3.28. The van der Waals surface area contributed by atoms with E-state index in [1.807, 2.05) is 7.05 Å². The van der Waals surface area contributed by atoms with E-state index >= 15 is 0 Å². The van der Waals surface area contributed by atoms with E-state index in [9.17, 15) is 0 Å². The van der Waals surface area contributed by atoms with Crippen LogP contribution in [-0.2, 0) is 12.8 Å². The molecule has 1 unspecified atom stereocenters. The summed E-state index contributed by atoms with van der Waals surface area (Å²) in [6.45, 7) is 5.68. The molecule has 3 heteroatoms. The van der Waals surface area contributed by atoms with Crippen LogP contribution in [0.25, 0.3) is 0 Å². The number of hydrogen-bond donors (Lipinski definition) is 1. The van der Waals surface area contributed by atoms with Crippen LogP contribution in [0.15, 0.2) is 0 Å². The summed E-state index contributed by atoms with van der Waals surface area (Å²) in [4.78, 5) is 9.88. The summed E-state index contributed by atoms with van der Waals surface area (Å²) in [7, 11) is 2.05. The van der Waals surface area contributed by atoms with E-state index in [0.29, 0.717) is 5.92 Å². The molecule has 2 aliphatic carbocycles. The molecule has 3 nitrogen and oxygen atoms in total. The highest BCUT2D eigenvalue weighted by molar-refractivity contribution is 5.29. The van der Waals surface area contributed by atoms with Crippen molar-refractivity contribution in [3.63, 3.8) is 0 Å². The molecular weight excluding hydrogens is 258 g/mol. The van der Waals surface area contributed by atoms with Crippen LogP contribution < -0.4 is 5.32 Å². The van der Waals surface area contributed by atoms with E-state index in [4.69, 9.17) is 9.97 Å². The molecule has 0 bridgehead atoms. The Kier molecular flexibility index (Phi) is 4.58. The fourth-order valence-electron chi connectivity index (χ4n) is 4.05. The van der Waals surface area contributed by atoms with E-state index in [0.717, 1.165) is 37.0 Å². The average Bonchev–Trinajstić information content (AvgIpc) is 2.49. The molecule has 0 saturated heterocycles. The second-order valence-electron chi connectivity index (χ2n) is 7.22. The van der Waals surface area contributed by atoms with Gasteiger partial charge in [-0.05, 0) is 70.0 Å². The van der Waals surface area contributed by atoms with E-state index in [1.54, 1.807) is 0 Å². The van der Waals surface area contributed by atoms with Crippen LogP contribution in [0.3, 0.4) is 0 Å². The van der Waals surface area contributed by atoms with Gasteiger partial charge in [-0.25, -0.2) is 9.97 Å². The van der Waals surface area contributed by atoms with E-state index in [2.05, 4.69) is 19.2 Å². The van der Waals surface area contributed by atoms with Crippen molar-refractivity contribution in [3.05, 3.63) is 22.8 Å². The third-order valence-corrected chi connectivity index (χ3v) is 5.47. The first-order valence-corrected chi connectivity index (χ1v) is 8.68. The van der Waals surface area contributed by atoms with Gasteiger partial charge in [-0.2, -0.15) is 0 Å². The first-order chi connectivity index (χ1) is 10.2. The largest absolute Gasteiger partial charge is 0.319 e. The van der Waals surface area contributed by atoms with Crippen LogP contribution in [0.4, 0.5) is 0 Å². The molecule has 0 spiro atoms. The number of nitrogens with zero attached hydrogens (tertiary/aromatic N) is 2. The first kappa shape index (κ1) is 15.0. The maximum Gasteiger partial charge on any atom is 0.131 e. The topological polar surface area (TPSA) is 37.8 Å². The molecule has 1 N–H and O–H groups in total. The van der Waals surface area contributed by atoms with Gasteiger partial charge in [-0.3, -0.25) is 0 Å². The molecule has 1 heterocycles.